The van der Waals surface area contributed by atoms with Crippen LogP contribution in [0.5, 0.6) is 0 Å². The first-order chi connectivity index (χ1) is 26.2. The van der Waals surface area contributed by atoms with Crippen molar-refractivity contribution < 1.29 is 0 Å². The summed E-state index contributed by atoms with van der Waals surface area (Å²) in [7, 11) is 0. The van der Waals surface area contributed by atoms with Crippen molar-refractivity contribution in [3.8, 4) is 44.5 Å². The Morgan fingerprint density at radius 3 is 1.23 bits per heavy atom. The van der Waals surface area contributed by atoms with Crippen molar-refractivity contribution in [2.75, 3.05) is 0 Å². The van der Waals surface area contributed by atoms with Gasteiger partial charge in [0.25, 0.3) is 0 Å². The van der Waals surface area contributed by atoms with Crippen molar-refractivity contribution in [1.82, 2.24) is 4.98 Å². The molecule has 11 aromatic rings. The van der Waals surface area contributed by atoms with E-state index in [0.29, 0.717) is 0 Å². The second-order valence-corrected chi connectivity index (χ2v) is 14.2. The number of nitrogens with one attached hydrogen (secondary N) is 1. The molecule has 0 saturated heterocycles. The van der Waals surface area contributed by atoms with Crippen LogP contribution < -0.4 is 0 Å². The predicted octanol–water partition coefficient (Wildman–Crippen LogP) is 14.6. The van der Waals surface area contributed by atoms with Crippen molar-refractivity contribution in [3.63, 3.8) is 0 Å². The lowest BCUT2D eigenvalue weighted by atomic mass is 9.87. The fourth-order valence-corrected chi connectivity index (χ4v) is 8.57. The van der Waals surface area contributed by atoms with E-state index in [1.165, 1.54) is 109 Å². The highest BCUT2D eigenvalue weighted by atomic mass is 14.7. The van der Waals surface area contributed by atoms with Crippen LogP contribution in [0.1, 0.15) is 0 Å². The summed E-state index contributed by atoms with van der Waals surface area (Å²) < 4.78 is 0. The molecule has 0 atom stereocenters. The van der Waals surface area contributed by atoms with Crippen LogP contribution in [0.25, 0.3) is 109 Å². The minimum Gasteiger partial charge on any atom is -0.355 e. The van der Waals surface area contributed by atoms with Crippen LogP contribution in [0.4, 0.5) is 0 Å². The van der Waals surface area contributed by atoms with Crippen LogP contribution in [0.15, 0.2) is 194 Å². The normalized spacial score (nSPS) is 11.8. The van der Waals surface area contributed by atoms with E-state index in [-0.39, 0.29) is 0 Å². The first-order valence-electron chi connectivity index (χ1n) is 18.3. The average Bonchev–Trinajstić information content (AvgIpc) is 3.61. The molecular formula is C52H33N. The molecule has 1 heterocycles. The third-order valence-electron chi connectivity index (χ3n) is 11.1. The topological polar surface area (TPSA) is 15.8 Å². The van der Waals surface area contributed by atoms with Crippen LogP contribution in [-0.2, 0) is 0 Å². The maximum absolute atomic E-state index is 3.57. The van der Waals surface area contributed by atoms with Gasteiger partial charge in [0.1, 0.15) is 0 Å². The van der Waals surface area contributed by atoms with Gasteiger partial charge in [0, 0.05) is 21.8 Å². The Kier molecular flexibility index (Phi) is 6.62. The highest BCUT2D eigenvalue weighted by molar-refractivity contribution is 6.16. The molecule has 1 nitrogen and oxygen atoms in total. The Labute approximate surface area is 307 Å². The zero-order valence-electron chi connectivity index (χ0n) is 29.0. The van der Waals surface area contributed by atoms with E-state index in [4.69, 9.17) is 0 Å². The SMILES string of the molecule is c1ccc2c(c1)cc(-c1cc(-c3ccc(-c4ccc5[nH]c6ccccc6c5c4)cc3)cc(-c3cc4ccccc4c4ccccc34)c1)c1ccccc12. The molecule has 0 unspecified atom stereocenters. The summed E-state index contributed by atoms with van der Waals surface area (Å²) in [6.45, 7) is 0. The maximum Gasteiger partial charge on any atom is 0.0465 e. The van der Waals surface area contributed by atoms with Crippen LogP contribution in [0, 0.1) is 0 Å². The van der Waals surface area contributed by atoms with Gasteiger partial charge < -0.3 is 4.98 Å². The molecule has 53 heavy (non-hydrogen) atoms. The Bertz CT molecular complexity index is 3080. The van der Waals surface area contributed by atoms with Crippen LogP contribution >= 0.6 is 0 Å². The highest BCUT2D eigenvalue weighted by Crippen LogP contribution is 2.42. The lowest BCUT2D eigenvalue weighted by Gasteiger charge is -2.17. The number of para-hydroxylation sites is 1. The molecule has 0 amide bonds. The molecule has 0 aliphatic heterocycles. The number of hydrogen-bond acceptors (Lipinski definition) is 0. The first kappa shape index (κ1) is 29.7. The van der Waals surface area contributed by atoms with Crippen molar-refractivity contribution in [2.24, 2.45) is 0 Å². The Balaban J connectivity index is 1.12. The minimum atomic E-state index is 1.17. The van der Waals surface area contributed by atoms with E-state index >= 15 is 0 Å². The number of aromatic amines is 1. The molecule has 0 radical (unpaired) electrons. The van der Waals surface area contributed by atoms with E-state index in [2.05, 4.69) is 199 Å². The molecule has 1 aromatic heterocycles. The van der Waals surface area contributed by atoms with E-state index in [9.17, 15) is 0 Å². The Hall–Kier alpha value is -6.96. The highest BCUT2D eigenvalue weighted by Gasteiger charge is 2.15. The van der Waals surface area contributed by atoms with Crippen LogP contribution in [-0.4, -0.2) is 4.98 Å². The van der Waals surface area contributed by atoms with Crippen molar-refractivity contribution in [3.05, 3.63) is 194 Å². The zero-order chi connectivity index (χ0) is 34.9. The van der Waals surface area contributed by atoms with Crippen molar-refractivity contribution >= 4 is 64.9 Å². The number of H-pyrrole nitrogens is 1. The van der Waals surface area contributed by atoms with Gasteiger partial charge in [-0.25, -0.2) is 0 Å². The molecule has 246 valence electrons. The number of aromatic nitrogens is 1. The lowest BCUT2D eigenvalue weighted by molar-refractivity contribution is 1.54. The van der Waals surface area contributed by atoms with Gasteiger partial charge in [-0.15, -0.1) is 0 Å². The first-order valence-corrected chi connectivity index (χ1v) is 18.3. The molecule has 0 spiro atoms. The summed E-state index contributed by atoms with van der Waals surface area (Å²) in [5.41, 5.74) is 12.1. The fraction of sp³-hybridized carbons (Fsp3) is 0. The van der Waals surface area contributed by atoms with Gasteiger partial charge in [-0.1, -0.05) is 146 Å². The van der Waals surface area contributed by atoms with Gasteiger partial charge in [0.05, 0.1) is 0 Å². The summed E-state index contributed by atoms with van der Waals surface area (Å²) in [4.78, 5) is 3.57. The molecular weight excluding hydrogens is 639 g/mol. The van der Waals surface area contributed by atoms with Crippen molar-refractivity contribution in [1.29, 1.82) is 0 Å². The van der Waals surface area contributed by atoms with Gasteiger partial charge in [0.15, 0.2) is 0 Å². The average molecular weight is 672 g/mol. The van der Waals surface area contributed by atoms with E-state index < -0.39 is 0 Å². The van der Waals surface area contributed by atoms with Gasteiger partial charge in [-0.3, -0.25) is 0 Å². The summed E-state index contributed by atoms with van der Waals surface area (Å²) in [6, 6.07) is 71.5. The van der Waals surface area contributed by atoms with Gasteiger partial charge in [-0.05, 0) is 136 Å². The Morgan fingerprint density at radius 1 is 0.226 bits per heavy atom. The monoisotopic (exact) mass is 671 g/mol. The summed E-state index contributed by atoms with van der Waals surface area (Å²) in [5.74, 6) is 0. The lowest BCUT2D eigenvalue weighted by Crippen LogP contribution is -1.90. The van der Waals surface area contributed by atoms with Gasteiger partial charge in [-0.2, -0.15) is 0 Å². The molecule has 0 aliphatic carbocycles. The fourth-order valence-electron chi connectivity index (χ4n) is 8.57. The van der Waals surface area contributed by atoms with E-state index in [1.54, 1.807) is 0 Å². The Morgan fingerprint density at radius 2 is 0.642 bits per heavy atom. The van der Waals surface area contributed by atoms with E-state index in [1.807, 2.05) is 0 Å². The number of hydrogen-bond donors (Lipinski definition) is 1. The number of rotatable bonds is 4. The molecule has 1 heteroatoms. The third kappa shape index (κ3) is 4.86. The maximum atomic E-state index is 3.57. The molecule has 0 saturated carbocycles. The third-order valence-corrected chi connectivity index (χ3v) is 11.1. The van der Waals surface area contributed by atoms with Crippen LogP contribution in [0.2, 0.25) is 0 Å². The molecule has 0 aliphatic rings. The number of benzene rings is 10. The second-order valence-electron chi connectivity index (χ2n) is 14.2. The smallest absolute Gasteiger partial charge is 0.0465 e. The quantitative estimate of drug-likeness (QED) is 0.179. The van der Waals surface area contributed by atoms with Crippen molar-refractivity contribution in [2.45, 2.75) is 0 Å². The molecule has 1 N–H and O–H groups in total. The van der Waals surface area contributed by atoms with Crippen LogP contribution in [0.3, 0.4) is 0 Å². The summed E-state index contributed by atoms with van der Waals surface area (Å²) >= 11 is 0. The van der Waals surface area contributed by atoms with Gasteiger partial charge >= 0.3 is 0 Å². The van der Waals surface area contributed by atoms with Gasteiger partial charge in [0.2, 0.25) is 0 Å². The number of fused-ring (bicyclic) bond motifs is 9. The zero-order valence-corrected chi connectivity index (χ0v) is 29.0. The molecule has 0 bridgehead atoms. The molecule has 0 fully saturated rings. The summed E-state index contributed by atoms with van der Waals surface area (Å²) in [6.07, 6.45) is 0. The van der Waals surface area contributed by atoms with E-state index in [0.717, 1.165) is 0 Å². The largest absolute Gasteiger partial charge is 0.355 e. The molecule has 10 aromatic carbocycles. The summed E-state index contributed by atoms with van der Waals surface area (Å²) in [5, 5.41) is 12.7. The standard InChI is InChI=1S/C52H33N/c1-3-13-41-36(11-1)31-48(45-17-7-5-15-43(41)45)39-27-38(28-40(29-39)49-32-37-12-2-4-14-42(37)44-16-6-8-18-46(44)49)34-23-21-33(22-24-34)35-25-26-52-50(30-35)47-19-9-10-20-51(47)53-52/h1-32,53H. The predicted molar refractivity (Wildman–Crippen MR) is 228 cm³/mol. The molecule has 11 rings (SSSR count). The second kappa shape index (κ2) is 11.8. The minimum absolute atomic E-state index is 1.17.